The van der Waals surface area contributed by atoms with Gasteiger partial charge in [-0.05, 0) is 41.9 Å². The Morgan fingerprint density at radius 3 is 3.11 bits per heavy atom. The van der Waals surface area contributed by atoms with E-state index in [0.29, 0.717) is 17.9 Å². The summed E-state index contributed by atoms with van der Waals surface area (Å²) >= 11 is 0. The third-order valence-corrected chi connectivity index (χ3v) is 4.56. The SMILES string of the molecule is OCC1C[N-]C2Cc3c[nH]c4cccc(c34)C2C1.[Pr]. The van der Waals surface area contributed by atoms with Crippen LogP contribution < -0.4 is 0 Å². The first-order valence-electron chi connectivity index (χ1n) is 6.73. The Bertz CT molecular complexity index is 595. The van der Waals surface area contributed by atoms with E-state index in [1.807, 2.05) is 0 Å². The van der Waals surface area contributed by atoms with E-state index in [0.717, 1.165) is 19.4 Å². The maximum atomic E-state index is 9.36. The number of hydrogen-bond acceptors (Lipinski definition) is 1. The summed E-state index contributed by atoms with van der Waals surface area (Å²) in [5.41, 5.74) is 4.09. The molecule has 1 radical (unpaired) electrons. The number of nitrogens with zero attached hydrogens (tertiary/aromatic N) is 1. The van der Waals surface area contributed by atoms with E-state index in [9.17, 15) is 5.11 Å². The summed E-state index contributed by atoms with van der Waals surface area (Å²) in [4.78, 5) is 3.36. The molecule has 1 fully saturated rings. The molecule has 1 aromatic heterocycles. The number of aromatic amines is 1. The normalized spacial score (nSPS) is 28.8. The van der Waals surface area contributed by atoms with Crippen molar-refractivity contribution < 1.29 is 46.4 Å². The Kier molecular flexibility index (Phi) is 4.01. The molecule has 4 rings (SSSR count). The summed E-state index contributed by atoms with van der Waals surface area (Å²) < 4.78 is 0. The Morgan fingerprint density at radius 2 is 2.26 bits per heavy atom. The molecular formula is C15H17N2OPr-. The fraction of sp³-hybridized carbons (Fsp3) is 0.467. The van der Waals surface area contributed by atoms with Crippen molar-refractivity contribution in [3.63, 3.8) is 0 Å². The van der Waals surface area contributed by atoms with Crippen LogP contribution in [0.25, 0.3) is 16.2 Å². The van der Waals surface area contributed by atoms with Crippen LogP contribution in [0, 0.1) is 47.2 Å². The smallest absolute Gasteiger partial charge is 0.0459 e. The van der Waals surface area contributed by atoms with Crippen LogP contribution in [-0.4, -0.2) is 29.3 Å². The van der Waals surface area contributed by atoms with E-state index in [4.69, 9.17) is 5.32 Å². The quantitative estimate of drug-likeness (QED) is 0.783. The van der Waals surface area contributed by atoms with Crippen LogP contribution in [0.4, 0.5) is 0 Å². The van der Waals surface area contributed by atoms with Crippen LogP contribution in [0.15, 0.2) is 24.4 Å². The topological polar surface area (TPSA) is 50.1 Å². The van der Waals surface area contributed by atoms with Gasteiger partial charge in [-0.15, -0.1) is 12.6 Å². The summed E-state index contributed by atoms with van der Waals surface area (Å²) in [5, 5.41) is 15.6. The fourth-order valence-electron chi connectivity index (χ4n) is 3.66. The van der Waals surface area contributed by atoms with Crippen molar-refractivity contribution in [1.29, 1.82) is 0 Å². The van der Waals surface area contributed by atoms with E-state index >= 15 is 0 Å². The molecule has 0 saturated carbocycles. The standard InChI is InChI=1S/C15H17N2O.Pr/c18-8-9-4-12-11-2-1-3-13-15(11)10(7-17-13)5-14(12)16-6-9;/h1-3,7,9,12,14,17-18H,4-6,8H2;/q-1;. The summed E-state index contributed by atoms with van der Waals surface area (Å²) in [6.07, 6.45) is 4.27. The van der Waals surface area contributed by atoms with Crippen molar-refractivity contribution in [3.8, 4) is 0 Å². The predicted molar refractivity (Wildman–Crippen MR) is 72.0 cm³/mol. The minimum absolute atomic E-state index is 0. The minimum atomic E-state index is 0. The second-order valence-electron chi connectivity index (χ2n) is 5.61. The van der Waals surface area contributed by atoms with Crippen molar-refractivity contribution in [2.45, 2.75) is 24.8 Å². The molecule has 2 N–H and O–H groups in total. The molecule has 2 aromatic rings. The van der Waals surface area contributed by atoms with Gasteiger partial charge < -0.3 is 15.4 Å². The fourth-order valence-corrected chi connectivity index (χ4v) is 3.66. The molecule has 1 saturated heterocycles. The van der Waals surface area contributed by atoms with Crippen molar-refractivity contribution in [2.75, 3.05) is 13.2 Å². The van der Waals surface area contributed by atoms with Gasteiger partial charge in [0.15, 0.2) is 0 Å². The van der Waals surface area contributed by atoms with Gasteiger partial charge in [0.2, 0.25) is 0 Å². The number of hydrogen-bond donors (Lipinski definition) is 2. The molecular weight excluding hydrogens is 365 g/mol. The van der Waals surface area contributed by atoms with Crippen LogP contribution in [0.1, 0.15) is 23.5 Å². The number of aromatic nitrogens is 1. The summed E-state index contributed by atoms with van der Waals surface area (Å²) in [6.45, 7) is 1.09. The van der Waals surface area contributed by atoms with Gasteiger partial charge in [-0.25, -0.2) is 0 Å². The maximum absolute atomic E-state index is 9.36. The van der Waals surface area contributed by atoms with Gasteiger partial charge >= 0.3 is 0 Å². The maximum Gasteiger partial charge on any atom is 0.0459 e. The number of piperidine rings is 1. The van der Waals surface area contributed by atoms with Crippen LogP contribution >= 0.6 is 0 Å². The first-order valence-corrected chi connectivity index (χ1v) is 6.73. The number of rotatable bonds is 1. The third kappa shape index (κ3) is 2.19. The molecule has 1 aromatic carbocycles. The molecule has 2 aliphatic rings. The molecule has 3 atom stereocenters. The Labute approximate surface area is 146 Å². The minimum Gasteiger partial charge on any atom is -0.658 e. The average molecular weight is 382 g/mol. The van der Waals surface area contributed by atoms with Crippen molar-refractivity contribution in [2.24, 2.45) is 5.92 Å². The van der Waals surface area contributed by atoms with Crippen LogP contribution in [0.2, 0.25) is 0 Å². The number of aliphatic hydroxyl groups is 1. The summed E-state index contributed by atoms with van der Waals surface area (Å²) in [5.74, 6) is 0.852. The molecule has 1 aliphatic carbocycles. The number of benzene rings is 1. The van der Waals surface area contributed by atoms with Crippen molar-refractivity contribution in [3.05, 3.63) is 40.8 Å². The molecule has 0 spiro atoms. The Hall–Kier alpha value is 0.0436. The molecule has 1 aliphatic heterocycles. The van der Waals surface area contributed by atoms with E-state index < -0.39 is 0 Å². The van der Waals surface area contributed by atoms with Gasteiger partial charge in [-0.1, -0.05) is 12.1 Å². The number of nitrogens with one attached hydrogen (secondary N) is 1. The molecule has 4 heteroatoms. The van der Waals surface area contributed by atoms with E-state index in [-0.39, 0.29) is 47.9 Å². The second-order valence-corrected chi connectivity index (χ2v) is 5.61. The second kappa shape index (κ2) is 5.44. The third-order valence-electron chi connectivity index (χ3n) is 4.56. The van der Waals surface area contributed by atoms with Gasteiger partial charge in [0.25, 0.3) is 0 Å². The molecule has 0 amide bonds. The summed E-state index contributed by atoms with van der Waals surface area (Å²) in [7, 11) is 0. The van der Waals surface area contributed by atoms with Crippen molar-refractivity contribution >= 4 is 10.9 Å². The zero-order valence-electron chi connectivity index (χ0n) is 10.8. The van der Waals surface area contributed by atoms with E-state index in [2.05, 4.69) is 29.4 Å². The van der Waals surface area contributed by atoms with Gasteiger partial charge in [0.1, 0.15) is 0 Å². The Morgan fingerprint density at radius 1 is 1.37 bits per heavy atom. The molecule has 3 unspecified atom stereocenters. The van der Waals surface area contributed by atoms with Gasteiger partial charge in [0, 0.05) is 65.0 Å². The monoisotopic (exact) mass is 382 g/mol. The van der Waals surface area contributed by atoms with E-state index in [1.165, 1.54) is 22.0 Å². The van der Waals surface area contributed by atoms with E-state index in [1.54, 1.807) is 0 Å². The number of aliphatic hydroxyl groups excluding tert-OH is 1. The molecule has 97 valence electrons. The zero-order chi connectivity index (χ0) is 12.1. The zero-order valence-corrected chi connectivity index (χ0v) is 14.5. The molecule has 0 bridgehead atoms. The van der Waals surface area contributed by atoms with Crippen LogP contribution in [0.5, 0.6) is 0 Å². The van der Waals surface area contributed by atoms with Gasteiger partial charge in [-0.2, -0.15) is 0 Å². The predicted octanol–water partition coefficient (Wildman–Crippen LogP) is 2.56. The van der Waals surface area contributed by atoms with Crippen LogP contribution in [0.3, 0.4) is 0 Å². The van der Waals surface area contributed by atoms with Crippen LogP contribution in [-0.2, 0) is 6.42 Å². The van der Waals surface area contributed by atoms with Gasteiger partial charge in [0.05, 0.1) is 0 Å². The summed E-state index contributed by atoms with van der Waals surface area (Å²) in [6, 6.07) is 6.93. The Balaban J connectivity index is 0.00000110. The number of H-pyrrole nitrogens is 1. The van der Waals surface area contributed by atoms with Crippen molar-refractivity contribution in [1.82, 2.24) is 4.98 Å². The first-order chi connectivity index (χ1) is 8.86. The largest absolute Gasteiger partial charge is 0.658 e. The number of fused-ring (bicyclic) bond motifs is 2. The molecule has 2 heterocycles. The molecule has 19 heavy (non-hydrogen) atoms. The average Bonchev–Trinajstić information content (AvgIpc) is 2.83. The van der Waals surface area contributed by atoms with Gasteiger partial charge in [-0.3, -0.25) is 0 Å². The first kappa shape index (κ1) is 14.0. The molecule has 3 nitrogen and oxygen atoms in total.